The third-order valence-corrected chi connectivity index (χ3v) is 3.36. The Morgan fingerprint density at radius 3 is 1.17 bits per heavy atom. The van der Waals surface area contributed by atoms with E-state index < -0.39 is 0 Å². The highest BCUT2D eigenvalue weighted by Gasteiger charge is 1.89. The summed E-state index contributed by atoms with van der Waals surface area (Å²) in [4.78, 5) is 0. The van der Waals surface area contributed by atoms with Crippen molar-refractivity contribution in [1.82, 2.24) is 0 Å². The SMILES string of the molecule is COc1ccc(/C=C/C=C/C=C/C=C/c2ccc(OC)cc2)cc1. The summed E-state index contributed by atoms with van der Waals surface area (Å²) in [6, 6.07) is 15.9. The number of hydrogen-bond donors (Lipinski definition) is 0. The highest BCUT2D eigenvalue weighted by Crippen LogP contribution is 2.13. The third kappa shape index (κ3) is 6.01. The highest BCUT2D eigenvalue weighted by molar-refractivity contribution is 5.53. The predicted molar refractivity (Wildman–Crippen MR) is 102 cm³/mol. The molecule has 0 heterocycles. The van der Waals surface area contributed by atoms with E-state index in [2.05, 4.69) is 12.2 Å². The van der Waals surface area contributed by atoms with Crippen molar-refractivity contribution >= 4 is 12.2 Å². The van der Waals surface area contributed by atoms with Gasteiger partial charge in [0.1, 0.15) is 11.5 Å². The first-order chi connectivity index (χ1) is 11.8. The van der Waals surface area contributed by atoms with Crippen LogP contribution in [0.4, 0.5) is 0 Å². The zero-order chi connectivity index (χ0) is 17.0. The van der Waals surface area contributed by atoms with E-state index in [0.717, 1.165) is 22.6 Å². The molecular weight excluding hydrogens is 296 g/mol. The Bertz CT molecular complexity index is 652. The quantitative estimate of drug-likeness (QED) is 0.624. The Labute approximate surface area is 144 Å². The molecule has 2 aromatic rings. The van der Waals surface area contributed by atoms with Gasteiger partial charge in [-0.25, -0.2) is 0 Å². The van der Waals surface area contributed by atoms with Crippen LogP contribution in [0.5, 0.6) is 11.5 Å². The topological polar surface area (TPSA) is 18.5 Å². The largest absolute Gasteiger partial charge is 0.497 e. The van der Waals surface area contributed by atoms with Crippen molar-refractivity contribution in [3.05, 3.63) is 96.1 Å². The second kappa shape index (κ2) is 9.90. The summed E-state index contributed by atoms with van der Waals surface area (Å²) in [7, 11) is 3.34. The standard InChI is InChI=1S/C22H22O2/c1-23-21-15-11-19(12-16-21)9-7-5-3-4-6-8-10-20-13-17-22(24-2)18-14-20/h3-18H,1-2H3/b5-3+,6-4+,9-7+,10-8+. The summed E-state index contributed by atoms with van der Waals surface area (Å²) in [6.45, 7) is 0. The molecule has 0 N–H and O–H groups in total. The second-order valence-electron chi connectivity index (χ2n) is 5.03. The van der Waals surface area contributed by atoms with Crippen molar-refractivity contribution in [1.29, 1.82) is 0 Å². The number of rotatable bonds is 7. The van der Waals surface area contributed by atoms with Crippen molar-refractivity contribution in [2.45, 2.75) is 0 Å². The molecule has 0 bridgehead atoms. The fraction of sp³-hybridized carbons (Fsp3) is 0.0909. The van der Waals surface area contributed by atoms with Crippen LogP contribution in [-0.4, -0.2) is 14.2 Å². The molecule has 0 saturated carbocycles. The summed E-state index contributed by atoms with van der Waals surface area (Å²) < 4.78 is 10.3. The second-order valence-corrected chi connectivity index (χ2v) is 5.03. The molecule has 0 amide bonds. The zero-order valence-electron chi connectivity index (χ0n) is 14.1. The molecule has 2 aromatic carbocycles. The predicted octanol–water partition coefficient (Wildman–Crippen LogP) is 5.54. The van der Waals surface area contributed by atoms with Crippen molar-refractivity contribution in [3.63, 3.8) is 0 Å². The van der Waals surface area contributed by atoms with E-state index in [9.17, 15) is 0 Å². The average molecular weight is 318 g/mol. The molecule has 0 radical (unpaired) electrons. The monoisotopic (exact) mass is 318 g/mol. The maximum absolute atomic E-state index is 5.13. The molecule has 0 fully saturated rings. The lowest BCUT2D eigenvalue weighted by Gasteiger charge is -1.98. The molecule has 24 heavy (non-hydrogen) atoms. The summed E-state index contributed by atoms with van der Waals surface area (Å²) >= 11 is 0. The summed E-state index contributed by atoms with van der Waals surface area (Å²) in [5.74, 6) is 1.74. The first-order valence-corrected chi connectivity index (χ1v) is 7.78. The van der Waals surface area contributed by atoms with E-state index in [1.807, 2.05) is 85.0 Å². The number of allylic oxidation sites excluding steroid dienone is 6. The van der Waals surface area contributed by atoms with Gasteiger partial charge in [0, 0.05) is 0 Å². The van der Waals surface area contributed by atoms with Crippen LogP contribution in [0.2, 0.25) is 0 Å². The van der Waals surface area contributed by atoms with E-state index in [-0.39, 0.29) is 0 Å². The van der Waals surface area contributed by atoms with Gasteiger partial charge < -0.3 is 9.47 Å². The minimum absolute atomic E-state index is 0.870. The van der Waals surface area contributed by atoms with E-state index in [1.165, 1.54) is 0 Å². The Morgan fingerprint density at radius 1 is 0.500 bits per heavy atom. The summed E-state index contributed by atoms with van der Waals surface area (Å²) in [5, 5.41) is 0. The summed E-state index contributed by atoms with van der Waals surface area (Å²) in [6.07, 6.45) is 16.1. The number of hydrogen-bond acceptors (Lipinski definition) is 2. The van der Waals surface area contributed by atoms with Crippen LogP contribution in [0, 0.1) is 0 Å². The fourth-order valence-electron chi connectivity index (χ4n) is 2.02. The molecule has 0 saturated heterocycles. The van der Waals surface area contributed by atoms with Gasteiger partial charge in [0.15, 0.2) is 0 Å². The molecule has 0 unspecified atom stereocenters. The Kier molecular flexibility index (Phi) is 7.16. The van der Waals surface area contributed by atoms with Gasteiger partial charge in [-0.3, -0.25) is 0 Å². The molecule has 0 aliphatic rings. The molecule has 0 aromatic heterocycles. The van der Waals surface area contributed by atoms with E-state index in [0.29, 0.717) is 0 Å². The minimum Gasteiger partial charge on any atom is -0.497 e. The van der Waals surface area contributed by atoms with Crippen molar-refractivity contribution < 1.29 is 9.47 Å². The first kappa shape index (κ1) is 17.4. The Morgan fingerprint density at radius 2 is 0.833 bits per heavy atom. The van der Waals surface area contributed by atoms with Crippen LogP contribution in [0.15, 0.2) is 85.0 Å². The maximum atomic E-state index is 5.13. The van der Waals surface area contributed by atoms with Gasteiger partial charge in [-0.2, -0.15) is 0 Å². The van der Waals surface area contributed by atoms with Crippen LogP contribution in [0.1, 0.15) is 11.1 Å². The van der Waals surface area contributed by atoms with Crippen LogP contribution < -0.4 is 9.47 Å². The van der Waals surface area contributed by atoms with Crippen molar-refractivity contribution in [2.75, 3.05) is 14.2 Å². The van der Waals surface area contributed by atoms with Gasteiger partial charge >= 0.3 is 0 Å². The van der Waals surface area contributed by atoms with Gasteiger partial charge in [0.25, 0.3) is 0 Å². The minimum atomic E-state index is 0.870. The number of methoxy groups -OCH3 is 2. The maximum Gasteiger partial charge on any atom is 0.118 e. The molecule has 0 aliphatic heterocycles. The van der Waals surface area contributed by atoms with E-state index >= 15 is 0 Å². The Hall–Kier alpha value is -3.00. The van der Waals surface area contributed by atoms with Crippen LogP contribution >= 0.6 is 0 Å². The number of ether oxygens (including phenoxy) is 2. The molecule has 2 nitrogen and oxygen atoms in total. The van der Waals surface area contributed by atoms with Crippen molar-refractivity contribution in [2.24, 2.45) is 0 Å². The molecule has 0 aliphatic carbocycles. The molecule has 2 heteroatoms. The van der Waals surface area contributed by atoms with Crippen LogP contribution in [-0.2, 0) is 0 Å². The van der Waals surface area contributed by atoms with Crippen LogP contribution in [0.3, 0.4) is 0 Å². The lowest BCUT2D eigenvalue weighted by Crippen LogP contribution is -1.81. The Balaban J connectivity index is 1.78. The fourth-order valence-corrected chi connectivity index (χ4v) is 2.02. The molecular formula is C22H22O2. The lowest BCUT2D eigenvalue weighted by atomic mass is 10.2. The summed E-state index contributed by atoms with van der Waals surface area (Å²) in [5.41, 5.74) is 2.28. The average Bonchev–Trinajstić information content (AvgIpc) is 2.65. The van der Waals surface area contributed by atoms with Gasteiger partial charge in [-0.05, 0) is 35.4 Å². The lowest BCUT2D eigenvalue weighted by molar-refractivity contribution is 0.414. The first-order valence-electron chi connectivity index (χ1n) is 7.78. The smallest absolute Gasteiger partial charge is 0.118 e. The van der Waals surface area contributed by atoms with Gasteiger partial charge in [-0.1, -0.05) is 72.9 Å². The molecule has 0 spiro atoms. The highest BCUT2D eigenvalue weighted by atomic mass is 16.5. The van der Waals surface area contributed by atoms with Gasteiger partial charge in [0.2, 0.25) is 0 Å². The van der Waals surface area contributed by atoms with E-state index in [1.54, 1.807) is 14.2 Å². The molecule has 122 valence electrons. The number of benzene rings is 2. The van der Waals surface area contributed by atoms with Crippen molar-refractivity contribution in [3.8, 4) is 11.5 Å². The van der Waals surface area contributed by atoms with E-state index in [4.69, 9.17) is 9.47 Å². The molecule has 2 rings (SSSR count). The zero-order valence-corrected chi connectivity index (χ0v) is 14.1. The third-order valence-electron chi connectivity index (χ3n) is 3.36. The molecule has 0 atom stereocenters. The van der Waals surface area contributed by atoms with Gasteiger partial charge in [-0.15, -0.1) is 0 Å². The van der Waals surface area contributed by atoms with Gasteiger partial charge in [0.05, 0.1) is 14.2 Å². The van der Waals surface area contributed by atoms with Crippen LogP contribution in [0.25, 0.3) is 12.2 Å². The normalized spacial score (nSPS) is 11.9.